The SMILES string of the molecule is CC(C)C(=O)COCC(=O)Oc1ccn[nH]1. The molecule has 0 fully saturated rings. The van der Waals surface area contributed by atoms with Gasteiger partial charge in [0, 0.05) is 12.0 Å². The minimum atomic E-state index is -0.569. The molecular formula is C10H14N2O4. The van der Waals surface area contributed by atoms with Gasteiger partial charge in [0.25, 0.3) is 0 Å². The molecule has 0 spiro atoms. The Labute approximate surface area is 92.9 Å². The summed E-state index contributed by atoms with van der Waals surface area (Å²) in [5.74, 6) is -0.456. The number of hydrogen-bond donors (Lipinski definition) is 1. The fraction of sp³-hybridized carbons (Fsp3) is 0.500. The normalized spacial score (nSPS) is 10.4. The Bertz CT molecular complexity index is 346. The number of carbonyl (C=O) groups excluding carboxylic acids is 2. The third kappa shape index (κ3) is 4.22. The van der Waals surface area contributed by atoms with Crippen LogP contribution in [0.1, 0.15) is 13.8 Å². The molecule has 0 atom stereocenters. The van der Waals surface area contributed by atoms with E-state index < -0.39 is 5.97 Å². The fourth-order valence-electron chi connectivity index (χ4n) is 0.854. The van der Waals surface area contributed by atoms with Gasteiger partial charge in [-0.1, -0.05) is 13.8 Å². The van der Waals surface area contributed by atoms with E-state index in [1.54, 1.807) is 13.8 Å². The molecule has 0 aliphatic carbocycles. The predicted molar refractivity (Wildman–Crippen MR) is 54.9 cm³/mol. The van der Waals surface area contributed by atoms with E-state index in [9.17, 15) is 9.59 Å². The van der Waals surface area contributed by atoms with Gasteiger partial charge in [0.1, 0.15) is 13.2 Å². The van der Waals surface area contributed by atoms with Gasteiger partial charge < -0.3 is 9.47 Å². The first-order valence-electron chi connectivity index (χ1n) is 4.90. The van der Waals surface area contributed by atoms with E-state index in [4.69, 9.17) is 9.47 Å². The van der Waals surface area contributed by atoms with Crippen LogP contribution in [-0.4, -0.2) is 35.2 Å². The van der Waals surface area contributed by atoms with Crippen molar-refractivity contribution < 1.29 is 19.1 Å². The molecule has 1 heterocycles. The van der Waals surface area contributed by atoms with Gasteiger partial charge in [-0.15, -0.1) is 0 Å². The third-order valence-electron chi connectivity index (χ3n) is 1.81. The van der Waals surface area contributed by atoms with Crippen molar-refractivity contribution in [2.24, 2.45) is 5.92 Å². The fourth-order valence-corrected chi connectivity index (χ4v) is 0.854. The summed E-state index contributed by atoms with van der Waals surface area (Å²) in [5, 5.41) is 6.08. The zero-order valence-corrected chi connectivity index (χ0v) is 9.23. The molecule has 0 bridgehead atoms. The van der Waals surface area contributed by atoms with Gasteiger partial charge in [-0.3, -0.25) is 4.79 Å². The van der Waals surface area contributed by atoms with Crippen molar-refractivity contribution in [3.63, 3.8) is 0 Å². The molecule has 1 aromatic heterocycles. The second kappa shape index (κ2) is 6.02. The van der Waals surface area contributed by atoms with E-state index in [1.165, 1.54) is 12.3 Å². The lowest BCUT2D eigenvalue weighted by Gasteiger charge is -2.05. The smallest absolute Gasteiger partial charge is 0.338 e. The maximum Gasteiger partial charge on any atom is 0.338 e. The van der Waals surface area contributed by atoms with Crippen molar-refractivity contribution in [2.75, 3.05) is 13.2 Å². The van der Waals surface area contributed by atoms with Crippen LogP contribution in [0.3, 0.4) is 0 Å². The second-order valence-electron chi connectivity index (χ2n) is 3.51. The molecule has 1 rings (SSSR count). The molecule has 88 valence electrons. The lowest BCUT2D eigenvalue weighted by Crippen LogP contribution is -2.21. The minimum Gasteiger partial charge on any atom is -0.406 e. The van der Waals surface area contributed by atoms with Gasteiger partial charge in [-0.05, 0) is 0 Å². The molecule has 6 heteroatoms. The third-order valence-corrected chi connectivity index (χ3v) is 1.81. The van der Waals surface area contributed by atoms with E-state index in [0.29, 0.717) is 0 Å². The van der Waals surface area contributed by atoms with E-state index in [-0.39, 0.29) is 30.8 Å². The van der Waals surface area contributed by atoms with Gasteiger partial charge >= 0.3 is 5.97 Å². The number of nitrogens with zero attached hydrogens (tertiary/aromatic N) is 1. The summed E-state index contributed by atoms with van der Waals surface area (Å²) in [4.78, 5) is 22.3. The second-order valence-corrected chi connectivity index (χ2v) is 3.51. The lowest BCUT2D eigenvalue weighted by molar-refractivity contribution is -0.141. The van der Waals surface area contributed by atoms with Crippen molar-refractivity contribution >= 4 is 11.8 Å². The number of ether oxygens (including phenoxy) is 2. The number of aromatic nitrogens is 2. The molecule has 0 radical (unpaired) electrons. The maximum atomic E-state index is 11.2. The number of carbonyl (C=O) groups is 2. The molecule has 0 aliphatic rings. The summed E-state index contributed by atoms with van der Waals surface area (Å²) < 4.78 is 9.71. The lowest BCUT2D eigenvalue weighted by atomic mass is 10.1. The molecular weight excluding hydrogens is 212 g/mol. The van der Waals surface area contributed by atoms with Crippen molar-refractivity contribution in [1.29, 1.82) is 0 Å². The Morgan fingerprint density at radius 2 is 2.19 bits per heavy atom. The molecule has 0 aromatic carbocycles. The van der Waals surface area contributed by atoms with Crippen molar-refractivity contribution in [3.05, 3.63) is 12.3 Å². The predicted octanol–water partition coefficient (Wildman–Crippen LogP) is 0.557. The Morgan fingerprint density at radius 3 is 2.75 bits per heavy atom. The van der Waals surface area contributed by atoms with Crippen molar-refractivity contribution in [3.8, 4) is 5.88 Å². The van der Waals surface area contributed by atoms with Crippen LogP contribution in [0.5, 0.6) is 5.88 Å². The zero-order chi connectivity index (χ0) is 12.0. The van der Waals surface area contributed by atoms with Crippen LogP contribution in [0, 0.1) is 5.92 Å². The van der Waals surface area contributed by atoms with Crippen LogP contribution < -0.4 is 4.74 Å². The molecule has 0 saturated carbocycles. The van der Waals surface area contributed by atoms with Crippen molar-refractivity contribution in [2.45, 2.75) is 13.8 Å². The first-order chi connectivity index (χ1) is 7.59. The van der Waals surface area contributed by atoms with Crippen molar-refractivity contribution in [1.82, 2.24) is 10.2 Å². The van der Waals surface area contributed by atoms with E-state index in [0.717, 1.165) is 0 Å². The van der Waals surface area contributed by atoms with E-state index in [1.807, 2.05) is 0 Å². The topological polar surface area (TPSA) is 81.3 Å². The largest absolute Gasteiger partial charge is 0.406 e. The Morgan fingerprint density at radius 1 is 1.44 bits per heavy atom. The molecule has 6 nitrogen and oxygen atoms in total. The summed E-state index contributed by atoms with van der Waals surface area (Å²) in [6.45, 7) is 3.22. The minimum absolute atomic E-state index is 0.0469. The molecule has 16 heavy (non-hydrogen) atoms. The summed E-state index contributed by atoms with van der Waals surface area (Å²) in [6, 6.07) is 1.51. The number of hydrogen-bond acceptors (Lipinski definition) is 5. The average molecular weight is 226 g/mol. The van der Waals surface area contributed by atoms with Crippen LogP contribution in [-0.2, 0) is 14.3 Å². The van der Waals surface area contributed by atoms with Crippen LogP contribution >= 0.6 is 0 Å². The highest BCUT2D eigenvalue weighted by Gasteiger charge is 2.10. The number of ketones is 1. The molecule has 0 aliphatic heterocycles. The van der Waals surface area contributed by atoms with Gasteiger partial charge in [-0.25, -0.2) is 9.89 Å². The number of nitrogens with one attached hydrogen (secondary N) is 1. The van der Waals surface area contributed by atoms with Gasteiger partial charge in [0.05, 0.1) is 6.20 Å². The Balaban J connectivity index is 2.18. The molecule has 1 aromatic rings. The Hall–Kier alpha value is -1.69. The summed E-state index contributed by atoms with van der Waals surface area (Å²) in [6.07, 6.45) is 1.46. The summed E-state index contributed by atoms with van der Waals surface area (Å²) in [7, 11) is 0. The first kappa shape index (κ1) is 12.4. The zero-order valence-electron chi connectivity index (χ0n) is 9.23. The summed E-state index contributed by atoms with van der Waals surface area (Å²) in [5.41, 5.74) is 0. The van der Waals surface area contributed by atoms with E-state index in [2.05, 4.69) is 10.2 Å². The van der Waals surface area contributed by atoms with Gasteiger partial charge in [0.15, 0.2) is 5.78 Å². The van der Waals surface area contributed by atoms with Crippen LogP contribution in [0.2, 0.25) is 0 Å². The monoisotopic (exact) mass is 226 g/mol. The number of rotatable bonds is 6. The van der Waals surface area contributed by atoms with Gasteiger partial charge in [0.2, 0.25) is 5.88 Å². The Kier molecular flexibility index (Phi) is 4.65. The highest BCUT2D eigenvalue weighted by Crippen LogP contribution is 2.02. The quantitative estimate of drug-likeness (QED) is 0.716. The highest BCUT2D eigenvalue weighted by molar-refractivity contribution is 5.82. The highest BCUT2D eigenvalue weighted by atomic mass is 16.6. The van der Waals surface area contributed by atoms with E-state index >= 15 is 0 Å². The maximum absolute atomic E-state index is 11.2. The molecule has 0 saturated heterocycles. The van der Waals surface area contributed by atoms with Gasteiger partial charge in [-0.2, -0.15) is 5.10 Å². The number of esters is 1. The van der Waals surface area contributed by atoms with Crippen LogP contribution in [0.15, 0.2) is 12.3 Å². The standard InChI is InChI=1S/C10H14N2O4/c1-7(2)8(13)5-15-6-10(14)16-9-3-4-11-12-9/h3-4,7H,5-6H2,1-2H3,(H,11,12). The number of aromatic amines is 1. The first-order valence-corrected chi connectivity index (χ1v) is 4.90. The molecule has 0 amide bonds. The average Bonchev–Trinajstić information content (AvgIpc) is 2.70. The molecule has 0 unspecified atom stereocenters. The molecule has 1 N–H and O–H groups in total. The van der Waals surface area contributed by atoms with Crippen LogP contribution in [0.25, 0.3) is 0 Å². The number of Topliss-reactive ketones (excluding diaryl/α,β-unsaturated/α-hetero) is 1. The number of H-pyrrole nitrogens is 1. The van der Waals surface area contributed by atoms with Crippen LogP contribution in [0.4, 0.5) is 0 Å². The summed E-state index contributed by atoms with van der Waals surface area (Å²) >= 11 is 0.